The van der Waals surface area contributed by atoms with E-state index < -0.39 is 0 Å². The van der Waals surface area contributed by atoms with E-state index in [1.807, 2.05) is 12.1 Å². The van der Waals surface area contributed by atoms with Gasteiger partial charge in [-0.05, 0) is 37.1 Å². The highest BCUT2D eigenvalue weighted by Gasteiger charge is 2.11. The van der Waals surface area contributed by atoms with Gasteiger partial charge in [0.2, 0.25) is 0 Å². The molecule has 0 saturated carbocycles. The lowest BCUT2D eigenvalue weighted by Crippen LogP contribution is -2.17. The highest BCUT2D eigenvalue weighted by Crippen LogP contribution is 2.24. The van der Waals surface area contributed by atoms with Crippen LogP contribution in [-0.2, 0) is 0 Å². The van der Waals surface area contributed by atoms with Crippen LogP contribution in [0.3, 0.4) is 0 Å². The topological polar surface area (TPSA) is 67.1 Å². The molecule has 0 atom stereocenters. The average Bonchev–Trinajstić information content (AvgIpc) is 2.96. The van der Waals surface area contributed by atoms with Gasteiger partial charge < -0.3 is 16.0 Å². The normalized spacial score (nSPS) is 14.6. The number of anilines is 4. The lowest BCUT2D eigenvalue weighted by molar-refractivity contribution is 0.949. The second-order valence-corrected chi connectivity index (χ2v) is 4.66. The zero-order valence-corrected chi connectivity index (χ0v) is 10.7. The van der Waals surface area contributed by atoms with Crippen molar-refractivity contribution in [1.29, 1.82) is 0 Å². The Bertz CT molecular complexity index is 546. The van der Waals surface area contributed by atoms with Crippen LogP contribution in [0, 0.1) is 0 Å². The molecule has 0 unspecified atom stereocenters. The number of aromatic nitrogens is 2. The molecule has 1 saturated heterocycles. The number of hydrogen-bond donors (Lipinski definition) is 2. The first kappa shape index (κ1) is 11.8. The molecule has 0 aliphatic carbocycles. The van der Waals surface area contributed by atoms with E-state index in [-0.39, 0.29) is 0 Å². The van der Waals surface area contributed by atoms with Gasteiger partial charge in [-0.15, -0.1) is 0 Å². The number of nitrogens with one attached hydrogen (secondary N) is 1. The van der Waals surface area contributed by atoms with Gasteiger partial charge in [-0.1, -0.05) is 0 Å². The molecule has 1 fully saturated rings. The second-order valence-electron chi connectivity index (χ2n) is 4.66. The van der Waals surface area contributed by atoms with Gasteiger partial charge in [0.15, 0.2) is 11.6 Å². The van der Waals surface area contributed by atoms with Crippen LogP contribution in [-0.4, -0.2) is 23.1 Å². The first-order chi connectivity index (χ1) is 9.33. The summed E-state index contributed by atoms with van der Waals surface area (Å²) in [5, 5.41) is 3.17. The molecular weight excluding hydrogens is 238 g/mol. The van der Waals surface area contributed by atoms with E-state index in [0.29, 0.717) is 11.6 Å². The summed E-state index contributed by atoms with van der Waals surface area (Å²) in [5.74, 6) is 1.00. The average molecular weight is 255 g/mol. The lowest BCUT2D eigenvalue weighted by atomic mass is 10.2. The molecule has 3 rings (SSSR count). The zero-order valence-electron chi connectivity index (χ0n) is 10.7. The van der Waals surface area contributed by atoms with Gasteiger partial charge >= 0.3 is 0 Å². The van der Waals surface area contributed by atoms with Crippen LogP contribution in [0.2, 0.25) is 0 Å². The molecular formula is C14H17N5. The molecule has 2 heterocycles. The fourth-order valence-corrected chi connectivity index (χ4v) is 2.31. The quantitative estimate of drug-likeness (QED) is 0.881. The van der Waals surface area contributed by atoms with Crippen molar-refractivity contribution in [2.75, 3.05) is 29.0 Å². The van der Waals surface area contributed by atoms with Crippen molar-refractivity contribution < 1.29 is 0 Å². The van der Waals surface area contributed by atoms with Crippen LogP contribution < -0.4 is 16.0 Å². The Morgan fingerprint density at radius 3 is 2.37 bits per heavy atom. The van der Waals surface area contributed by atoms with Gasteiger partial charge in [0.05, 0.1) is 0 Å². The van der Waals surface area contributed by atoms with Crippen LogP contribution in [0.1, 0.15) is 12.8 Å². The highest BCUT2D eigenvalue weighted by atomic mass is 15.1. The summed E-state index contributed by atoms with van der Waals surface area (Å²) in [7, 11) is 0. The number of nitrogens with two attached hydrogens (primary N) is 1. The van der Waals surface area contributed by atoms with Gasteiger partial charge in [0, 0.05) is 36.9 Å². The monoisotopic (exact) mass is 255 g/mol. The van der Waals surface area contributed by atoms with E-state index in [4.69, 9.17) is 5.73 Å². The van der Waals surface area contributed by atoms with Crippen molar-refractivity contribution >= 4 is 23.0 Å². The molecule has 5 nitrogen and oxygen atoms in total. The highest BCUT2D eigenvalue weighted by molar-refractivity contribution is 5.66. The summed E-state index contributed by atoms with van der Waals surface area (Å²) in [6.45, 7) is 2.31. The Hall–Kier alpha value is -2.30. The minimum Gasteiger partial charge on any atom is -0.381 e. The van der Waals surface area contributed by atoms with E-state index >= 15 is 0 Å². The summed E-state index contributed by atoms with van der Waals surface area (Å²) in [6, 6.07) is 8.34. The third-order valence-corrected chi connectivity index (χ3v) is 3.33. The van der Waals surface area contributed by atoms with E-state index in [1.165, 1.54) is 18.5 Å². The molecule has 0 spiro atoms. The minimum absolute atomic E-state index is 0.408. The molecule has 98 valence electrons. The van der Waals surface area contributed by atoms with Crippen LogP contribution in [0.25, 0.3) is 0 Å². The Kier molecular flexibility index (Phi) is 3.18. The Morgan fingerprint density at radius 2 is 1.68 bits per heavy atom. The largest absolute Gasteiger partial charge is 0.381 e. The van der Waals surface area contributed by atoms with Crippen molar-refractivity contribution in [2.45, 2.75) is 12.8 Å². The smallest absolute Gasteiger partial charge is 0.173 e. The van der Waals surface area contributed by atoms with Crippen LogP contribution >= 0.6 is 0 Å². The Labute approximate surface area is 112 Å². The fraction of sp³-hybridized carbons (Fsp3) is 0.286. The number of hydrogen-bond acceptors (Lipinski definition) is 5. The third kappa shape index (κ3) is 2.59. The van der Waals surface area contributed by atoms with Crippen molar-refractivity contribution in [3.63, 3.8) is 0 Å². The maximum Gasteiger partial charge on any atom is 0.173 e. The summed E-state index contributed by atoms with van der Waals surface area (Å²) in [5.41, 5.74) is 7.99. The van der Waals surface area contributed by atoms with Crippen molar-refractivity contribution in [2.24, 2.45) is 0 Å². The molecule has 0 bridgehead atoms. The van der Waals surface area contributed by atoms with Crippen molar-refractivity contribution in [3.8, 4) is 0 Å². The van der Waals surface area contributed by atoms with Gasteiger partial charge in [0.1, 0.15) is 0 Å². The van der Waals surface area contributed by atoms with Crippen LogP contribution in [0.5, 0.6) is 0 Å². The predicted molar refractivity (Wildman–Crippen MR) is 77.6 cm³/mol. The van der Waals surface area contributed by atoms with Gasteiger partial charge in [0.25, 0.3) is 0 Å². The number of nitrogen functional groups attached to an aromatic ring is 1. The van der Waals surface area contributed by atoms with Crippen LogP contribution in [0.4, 0.5) is 23.0 Å². The van der Waals surface area contributed by atoms with Crippen molar-refractivity contribution in [3.05, 3.63) is 36.7 Å². The molecule has 19 heavy (non-hydrogen) atoms. The van der Waals surface area contributed by atoms with Crippen LogP contribution in [0.15, 0.2) is 36.7 Å². The molecule has 1 aliphatic heterocycles. The fourth-order valence-electron chi connectivity index (χ4n) is 2.31. The summed E-state index contributed by atoms with van der Waals surface area (Å²) in [4.78, 5) is 10.6. The number of benzene rings is 1. The molecule has 1 aliphatic rings. The number of rotatable bonds is 3. The van der Waals surface area contributed by atoms with Gasteiger partial charge in [-0.3, -0.25) is 0 Å². The van der Waals surface area contributed by atoms with E-state index in [0.717, 1.165) is 18.8 Å². The molecule has 1 aromatic heterocycles. The maximum absolute atomic E-state index is 5.75. The first-order valence-electron chi connectivity index (χ1n) is 6.51. The summed E-state index contributed by atoms with van der Waals surface area (Å²) >= 11 is 0. The van der Waals surface area contributed by atoms with E-state index in [1.54, 1.807) is 12.4 Å². The molecule has 1 aromatic carbocycles. The summed E-state index contributed by atoms with van der Waals surface area (Å²) < 4.78 is 0. The Balaban J connectivity index is 1.74. The second kappa shape index (κ2) is 5.14. The van der Waals surface area contributed by atoms with Gasteiger partial charge in [-0.25, -0.2) is 9.97 Å². The lowest BCUT2D eigenvalue weighted by Gasteiger charge is -2.18. The third-order valence-electron chi connectivity index (χ3n) is 3.33. The minimum atomic E-state index is 0.408. The molecule has 3 N–H and O–H groups in total. The Morgan fingerprint density at radius 1 is 1.00 bits per heavy atom. The first-order valence-corrected chi connectivity index (χ1v) is 6.51. The summed E-state index contributed by atoms with van der Waals surface area (Å²) in [6.07, 6.45) is 5.78. The van der Waals surface area contributed by atoms with E-state index in [9.17, 15) is 0 Å². The van der Waals surface area contributed by atoms with Crippen molar-refractivity contribution in [1.82, 2.24) is 9.97 Å². The molecule has 2 aromatic rings. The standard InChI is InChI=1S/C14H17N5/c15-13-14(17-8-7-16-13)18-11-3-5-12(6-4-11)19-9-1-2-10-19/h3-8H,1-2,9-10H2,(H2,15,16)(H,17,18). The zero-order chi connectivity index (χ0) is 13.1. The van der Waals surface area contributed by atoms with E-state index in [2.05, 4.69) is 32.3 Å². The molecule has 5 heteroatoms. The maximum atomic E-state index is 5.75. The predicted octanol–water partition coefficient (Wildman–Crippen LogP) is 2.40. The number of nitrogens with zero attached hydrogens (tertiary/aromatic N) is 3. The van der Waals surface area contributed by atoms with Gasteiger partial charge in [-0.2, -0.15) is 0 Å². The molecule has 0 radical (unpaired) electrons. The molecule has 0 amide bonds. The SMILES string of the molecule is Nc1nccnc1Nc1ccc(N2CCCC2)cc1.